The number of carbonyl (C=O) groups is 2. The number of carbonyl (C=O) groups excluding carboxylic acids is 2. The summed E-state index contributed by atoms with van der Waals surface area (Å²) in [4.78, 5) is 38.4. The largest absolute Gasteiger partial charge is 0.444 e. The standard InChI is InChI=1S/C34H40ClN7O5S/c1-34(2,3)47-33(44)40-18-15-23(16-19-40)38-32(43)41-17-9-10-24(21-41)37-31-36-20-28(35)30(39-31)27-22-42(29-14-8-7-13-26(27)29)48(45,46)25-11-5-4-6-12-25/h4-8,11-14,20,22-24H,9-10,15-19,21H2,1-3H3,(H,38,43)(H,36,37,39)/t24-/m1/s1. The first-order chi connectivity index (χ1) is 22.9. The molecule has 0 radical (unpaired) electrons. The van der Waals surface area contributed by atoms with Gasteiger partial charge in [0.1, 0.15) is 5.60 Å². The van der Waals surface area contributed by atoms with Gasteiger partial charge in [-0.25, -0.2) is 31.9 Å². The summed E-state index contributed by atoms with van der Waals surface area (Å²) in [5, 5.41) is 7.47. The molecule has 12 nitrogen and oxygen atoms in total. The number of halogens is 1. The molecule has 4 heterocycles. The van der Waals surface area contributed by atoms with Gasteiger partial charge in [-0.3, -0.25) is 0 Å². The Balaban J connectivity index is 1.13. The minimum Gasteiger partial charge on any atom is -0.444 e. The van der Waals surface area contributed by atoms with Gasteiger partial charge >= 0.3 is 12.1 Å². The average molecular weight is 694 g/mol. The van der Waals surface area contributed by atoms with E-state index in [-0.39, 0.29) is 34.1 Å². The Hall–Kier alpha value is -4.36. The Morgan fingerprint density at radius 3 is 2.38 bits per heavy atom. The molecular weight excluding hydrogens is 654 g/mol. The summed E-state index contributed by atoms with van der Waals surface area (Å²) < 4.78 is 34.0. The lowest BCUT2D eigenvalue weighted by Gasteiger charge is -2.37. The molecule has 48 heavy (non-hydrogen) atoms. The van der Waals surface area contributed by atoms with Crippen LogP contribution in [-0.2, 0) is 14.8 Å². The van der Waals surface area contributed by atoms with E-state index in [1.807, 2.05) is 32.9 Å². The van der Waals surface area contributed by atoms with Crippen LogP contribution in [-0.4, -0.2) is 88.1 Å². The second kappa shape index (κ2) is 13.6. The van der Waals surface area contributed by atoms with Gasteiger partial charge in [0.25, 0.3) is 10.0 Å². The summed E-state index contributed by atoms with van der Waals surface area (Å²) in [6.45, 7) is 7.67. The van der Waals surface area contributed by atoms with Crippen molar-refractivity contribution >= 4 is 50.6 Å². The van der Waals surface area contributed by atoms with E-state index in [9.17, 15) is 18.0 Å². The van der Waals surface area contributed by atoms with Gasteiger partial charge in [0.05, 0.1) is 27.3 Å². The number of hydrogen-bond acceptors (Lipinski definition) is 8. The number of nitrogens with zero attached hydrogens (tertiary/aromatic N) is 5. The van der Waals surface area contributed by atoms with E-state index in [1.165, 1.54) is 10.2 Å². The number of hydrogen-bond donors (Lipinski definition) is 2. The van der Waals surface area contributed by atoms with Gasteiger partial charge in [-0.05, 0) is 64.7 Å². The van der Waals surface area contributed by atoms with E-state index in [4.69, 9.17) is 21.3 Å². The molecule has 2 aromatic heterocycles. The first kappa shape index (κ1) is 33.5. The van der Waals surface area contributed by atoms with Crippen LogP contribution < -0.4 is 10.6 Å². The lowest BCUT2D eigenvalue weighted by Crippen LogP contribution is -2.54. The topological polar surface area (TPSA) is 139 Å². The van der Waals surface area contributed by atoms with Crippen LogP contribution in [0.15, 0.2) is 71.9 Å². The van der Waals surface area contributed by atoms with Crippen LogP contribution in [0, 0.1) is 0 Å². The molecule has 1 atom stereocenters. The van der Waals surface area contributed by atoms with Gasteiger partial charge in [-0.15, -0.1) is 0 Å². The van der Waals surface area contributed by atoms with E-state index in [0.717, 1.165) is 12.8 Å². The zero-order valence-corrected chi connectivity index (χ0v) is 28.8. The highest BCUT2D eigenvalue weighted by Gasteiger charge is 2.30. The fraction of sp³-hybridized carbons (Fsp3) is 0.412. The Labute approximate surface area is 285 Å². The lowest BCUT2D eigenvalue weighted by atomic mass is 10.0. The Morgan fingerprint density at radius 1 is 0.938 bits per heavy atom. The average Bonchev–Trinajstić information content (AvgIpc) is 3.46. The molecule has 0 aliphatic carbocycles. The van der Waals surface area contributed by atoms with Gasteiger partial charge in [0.15, 0.2) is 0 Å². The molecule has 0 spiro atoms. The van der Waals surface area contributed by atoms with E-state index in [0.29, 0.717) is 67.1 Å². The maximum Gasteiger partial charge on any atom is 0.410 e. The first-order valence-corrected chi connectivity index (χ1v) is 17.9. The molecule has 2 saturated heterocycles. The Kier molecular flexibility index (Phi) is 9.53. The molecule has 0 bridgehead atoms. The van der Waals surface area contributed by atoms with Crippen LogP contribution in [0.2, 0.25) is 5.02 Å². The van der Waals surface area contributed by atoms with Crippen molar-refractivity contribution in [3.63, 3.8) is 0 Å². The molecule has 6 rings (SSSR count). The molecule has 2 N–H and O–H groups in total. The normalized spacial score (nSPS) is 17.7. The van der Waals surface area contributed by atoms with Crippen molar-refractivity contribution in [2.45, 2.75) is 69.0 Å². The van der Waals surface area contributed by atoms with Crippen LogP contribution in [0.5, 0.6) is 0 Å². The zero-order valence-electron chi connectivity index (χ0n) is 27.2. The molecule has 14 heteroatoms. The number of anilines is 1. The number of likely N-dealkylation sites (tertiary alicyclic amines) is 2. The summed E-state index contributed by atoms with van der Waals surface area (Å²) in [7, 11) is -3.89. The predicted molar refractivity (Wildman–Crippen MR) is 185 cm³/mol. The highest BCUT2D eigenvalue weighted by atomic mass is 35.5. The number of amides is 3. The van der Waals surface area contributed by atoms with Gasteiger partial charge in [-0.2, -0.15) is 0 Å². The second-order valence-corrected chi connectivity index (χ2v) is 15.4. The van der Waals surface area contributed by atoms with Crippen molar-refractivity contribution in [1.82, 2.24) is 29.1 Å². The summed E-state index contributed by atoms with van der Waals surface area (Å²) in [5.41, 5.74) is 0.912. The first-order valence-electron chi connectivity index (χ1n) is 16.1. The zero-order chi connectivity index (χ0) is 34.1. The maximum atomic E-state index is 13.6. The van der Waals surface area contributed by atoms with Gasteiger partial charge in [0.2, 0.25) is 5.95 Å². The summed E-state index contributed by atoms with van der Waals surface area (Å²) >= 11 is 6.62. The van der Waals surface area contributed by atoms with Gasteiger partial charge < -0.3 is 25.2 Å². The summed E-state index contributed by atoms with van der Waals surface area (Å²) in [6, 6.07) is 15.2. The molecule has 0 unspecified atom stereocenters. The molecule has 254 valence electrons. The fourth-order valence-electron chi connectivity index (χ4n) is 6.13. The Morgan fingerprint density at radius 2 is 1.65 bits per heavy atom. The van der Waals surface area contributed by atoms with Crippen molar-refractivity contribution in [3.8, 4) is 11.3 Å². The van der Waals surface area contributed by atoms with Crippen molar-refractivity contribution in [2.24, 2.45) is 0 Å². The number of aromatic nitrogens is 3. The number of benzene rings is 2. The van der Waals surface area contributed by atoms with Crippen LogP contribution in [0.3, 0.4) is 0 Å². The number of piperidine rings is 2. The number of nitrogens with one attached hydrogen (secondary N) is 2. The number of ether oxygens (including phenoxy) is 1. The van der Waals surface area contributed by atoms with Crippen molar-refractivity contribution in [2.75, 3.05) is 31.5 Å². The summed E-state index contributed by atoms with van der Waals surface area (Å²) in [5.74, 6) is 0.332. The van der Waals surface area contributed by atoms with Crippen molar-refractivity contribution in [1.29, 1.82) is 0 Å². The summed E-state index contributed by atoms with van der Waals surface area (Å²) in [6.07, 6.45) is 5.65. The van der Waals surface area contributed by atoms with E-state index < -0.39 is 15.6 Å². The maximum absolute atomic E-state index is 13.6. The Bertz CT molecular complexity index is 1900. The number of rotatable bonds is 6. The molecule has 3 amide bonds. The van der Waals surface area contributed by atoms with Crippen molar-refractivity contribution < 1.29 is 22.7 Å². The highest BCUT2D eigenvalue weighted by molar-refractivity contribution is 7.90. The molecular formula is C34H40ClN7O5S. The van der Waals surface area contributed by atoms with Crippen molar-refractivity contribution in [3.05, 3.63) is 72.0 Å². The van der Waals surface area contributed by atoms with Crippen LogP contribution in [0.4, 0.5) is 15.5 Å². The van der Waals surface area contributed by atoms with Crippen LogP contribution in [0.25, 0.3) is 22.2 Å². The van der Waals surface area contributed by atoms with E-state index in [2.05, 4.69) is 15.6 Å². The number of para-hydroxylation sites is 1. The third kappa shape index (κ3) is 7.36. The molecule has 0 saturated carbocycles. The molecule has 2 aromatic carbocycles. The molecule has 2 fully saturated rings. The van der Waals surface area contributed by atoms with Gasteiger partial charge in [-0.1, -0.05) is 48.0 Å². The van der Waals surface area contributed by atoms with E-state index in [1.54, 1.807) is 58.5 Å². The number of fused-ring (bicyclic) bond motifs is 1. The lowest BCUT2D eigenvalue weighted by molar-refractivity contribution is 0.0200. The third-order valence-electron chi connectivity index (χ3n) is 8.49. The van der Waals surface area contributed by atoms with Crippen LogP contribution >= 0.6 is 11.6 Å². The number of urea groups is 1. The monoisotopic (exact) mass is 693 g/mol. The van der Waals surface area contributed by atoms with Crippen LogP contribution in [0.1, 0.15) is 46.5 Å². The fourth-order valence-corrected chi connectivity index (χ4v) is 7.71. The quantitative estimate of drug-likeness (QED) is 0.252. The molecule has 4 aromatic rings. The minimum atomic E-state index is -3.89. The minimum absolute atomic E-state index is 0.0282. The third-order valence-corrected chi connectivity index (χ3v) is 10.5. The second-order valence-electron chi connectivity index (χ2n) is 13.2. The predicted octanol–water partition coefficient (Wildman–Crippen LogP) is 5.97. The molecule has 2 aliphatic rings. The smallest absolute Gasteiger partial charge is 0.410 e. The SMILES string of the molecule is CC(C)(C)OC(=O)N1CCC(NC(=O)N2CCC[C@@H](Nc3ncc(Cl)c(-c4cn(S(=O)(=O)c5ccccc5)c5ccccc45)n3)C2)CC1. The van der Waals surface area contributed by atoms with Gasteiger partial charge in [0, 0.05) is 55.4 Å². The highest BCUT2D eigenvalue weighted by Crippen LogP contribution is 2.36. The van der Waals surface area contributed by atoms with E-state index >= 15 is 0 Å². The molecule has 2 aliphatic heterocycles.